The molecule has 2 amide bonds. The molecule has 0 aliphatic carbocycles. The van der Waals surface area contributed by atoms with Crippen LogP contribution in [0.2, 0.25) is 5.02 Å². The van der Waals surface area contributed by atoms with Crippen LogP contribution in [-0.2, 0) is 21.9 Å². The number of hydrogen-bond acceptors (Lipinski definition) is 3. The number of nitrogens with one attached hydrogen (secondary N) is 1. The molecule has 2 aromatic carbocycles. The number of thioether (sulfide) groups is 1. The van der Waals surface area contributed by atoms with E-state index in [0.29, 0.717) is 17.3 Å². The van der Waals surface area contributed by atoms with Crippen LogP contribution in [0, 0.1) is 0 Å². The molecule has 0 radical (unpaired) electrons. The highest BCUT2D eigenvalue weighted by atomic mass is 79.9. The number of carbonyl (C=O) groups is 2. The summed E-state index contributed by atoms with van der Waals surface area (Å²) in [6.07, 6.45) is 0.840. The van der Waals surface area contributed by atoms with Gasteiger partial charge in [0.15, 0.2) is 0 Å². The lowest BCUT2D eigenvalue weighted by atomic mass is 10.1. The maximum atomic E-state index is 13.1. The highest BCUT2D eigenvalue weighted by Crippen LogP contribution is 2.19. The first kappa shape index (κ1) is 24.8. The second-order valence-corrected chi connectivity index (χ2v) is 9.60. The Morgan fingerprint density at radius 1 is 1.07 bits per heavy atom. The van der Waals surface area contributed by atoms with Crippen molar-refractivity contribution in [3.63, 3.8) is 0 Å². The molecule has 2 rings (SSSR count). The van der Waals surface area contributed by atoms with E-state index in [1.165, 1.54) is 0 Å². The molecule has 0 saturated carbocycles. The molecule has 1 N–H and O–H groups in total. The number of nitrogens with zero attached hydrogens (tertiary/aromatic N) is 1. The molecule has 0 heterocycles. The van der Waals surface area contributed by atoms with Crippen molar-refractivity contribution in [2.75, 3.05) is 5.75 Å². The number of benzene rings is 2. The maximum Gasteiger partial charge on any atom is 0.242 e. The molecule has 0 aliphatic heterocycles. The van der Waals surface area contributed by atoms with E-state index in [2.05, 4.69) is 21.2 Å². The van der Waals surface area contributed by atoms with Gasteiger partial charge in [-0.15, -0.1) is 11.8 Å². The molecule has 0 saturated heterocycles. The van der Waals surface area contributed by atoms with Gasteiger partial charge in [-0.25, -0.2) is 0 Å². The molecular formula is C23H28BrClN2O2S. The van der Waals surface area contributed by atoms with E-state index in [0.717, 1.165) is 27.8 Å². The van der Waals surface area contributed by atoms with Crippen molar-refractivity contribution in [2.24, 2.45) is 0 Å². The van der Waals surface area contributed by atoms with Crippen molar-refractivity contribution in [2.45, 2.75) is 51.6 Å². The van der Waals surface area contributed by atoms with Crippen molar-refractivity contribution in [3.8, 4) is 0 Å². The van der Waals surface area contributed by atoms with Gasteiger partial charge >= 0.3 is 0 Å². The Balaban J connectivity index is 2.06. The van der Waals surface area contributed by atoms with Crippen LogP contribution in [-0.4, -0.2) is 34.6 Å². The summed E-state index contributed by atoms with van der Waals surface area (Å²) in [7, 11) is 0. The zero-order valence-corrected chi connectivity index (χ0v) is 20.7. The van der Waals surface area contributed by atoms with Gasteiger partial charge in [-0.1, -0.05) is 58.7 Å². The van der Waals surface area contributed by atoms with Crippen LogP contribution in [0.5, 0.6) is 0 Å². The lowest BCUT2D eigenvalue weighted by Crippen LogP contribution is -2.50. The van der Waals surface area contributed by atoms with Crippen molar-refractivity contribution in [1.82, 2.24) is 10.2 Å². The van der Waals surface area contributed by atoms with E-state index in [9.17, 15) is 9.59 Å². The number of rotatable bonds is 10. The number of halogens is 2. The average molecular weight is 512 g/mol. The van der Waals surface area contributed by atoms with E-state index in [1.54, 1.807) is 35.7 Å². The third-order valence-corrected chi connectivity index (χ3v) is 6.61. The average Bonchev–Trinajstić information content (AvgIpc) is 2.74. The Kier molecular flexibility index (Phi) is 10.2. The second-order valence-electron chi connectivity index (χ2n) is 7.26. The van der Waals surface area contributed by atoms with Crippen LogP contribution in [0.3, 0.4) is 0 Å². The van der Waals surface area contributed by atoms with E-state index in [4.69, 9.17) is 11.6 Å². The molecular weight excluding hydrogens is 484 g/mol. The Bertz CT molecular complexity index is 830. The summed E-state index contributed by atoms with van der Waals surface area (Å²) >= 11 is 11.0. The van der Waals surface area contributed by atoms with Gasteiger partial charge in [0, 0.05) is 27.8 Å². The van der Waals surface area contributed by atoms with Crippen LogP contribution in [0.1, 0.15) is 38.3 Å². The molecule has 2 atom stereocenters. The van der Waals surface area contributed by atoms with Gasteiger partial charge in [-0.3, -0.25) is 9.59 Å². The van der Waals surface area contributed by atoms with Crippen molar-refractivity contribution >= 4 is 51.1 Å². The SMILES string of the molecule is CC[C@@H](C)NC(=O)[C@H](C)N(Cc1ccc(Cl)cc1)C(=O)CSCc1ccc(Br)cc1. The van der Waals surface area contributed by atoms with Gasteiger partial charge in [-0.05, 0) is 55.7 Å². The van der Waals surface area contributed by atoms with Gasteiger partial charge in [0.2, 0.25) is 11.8 Å². The Labute approximate surface area is 196 Å². The summed E-state index contributed by atoms with van der Waals surface area (Å²) in [6.45, 7) is 6.13. The lowest BCUT2D eigenvalue weighted by molar-refractivity contribution is -0.138. The second kappa shape index (κ2) is 12.4. The molecule has 7 heteroatoms. The summed E-state index contributed by atoms with van der Waals surface area (Å²) in [6, 6.07) is 14.9. The number of carbonyl (C=O) groups excluding carboxylic acids is 2. The smallest absolute Gasteiger partial charge is 0.242 e. The van der Waals surface area contributed by atoms with Gasteiger partial charge in [-0.2, -0.15) is 0 Å². The highest BCUT2D eigenvalue weighted by molar-refractivity contribution is 9.10. The summed E-state index contributed by atoms with van der Waals surface area (Å²) < 4.78 is 1.03. The third kappa shape index (κ3) is 7.97. The third-order valence-electron chi connectivity index (χ3n) is 4.84. The molecule has 0 spiro atoms. The summed E-state index contributed by atoms with van der Waals surface area (Å²) in [5, 5.41) is 3.62. The Hall–Kier alpha value is -1.50. The first-order chi connectivity index (χ1) is 14.3. The van der Waals surface area contributed by atoms with Crippen molar-refractivity contribution in [3.05, 3.63) is 69.2 Å². The zero-order valence-electron chi connectivity index (χ0n) is 17.5. The summed E-state index contributed by atoms with van der Waals surface area (Å²) in [5.74, 6) is 0.856. The van der Waals surface area contributed by atoms with Crippen LogP contribution >= 0.6 is 39.3 Å². The Morgan fingerprint density at radius 2 is 1.67 bits per heavy atom. The molecule has 0 aromatic heterocycles. The van der Waals surface area contributed by atoms with Gasteiger partial charge in [0.05, 0.1) is 5.75 Å². The first-order valence-corrected chi connectivity index (χ1v) is 12.3. The Morgan fingerprint density at radius 3 is 2.27 bits per heavy atom. The van der Waals surface area contributed by atoms with E-state index < -0.39 is 6.04 Å². The van der Waals surface area contributed by atoms with Crippen LogP contribution in [0.15, 0.2) is 53.0 Å². The molecule has 0 aliphatic rings. The molecule has 162 valence electrons. The molecule has 2 aromatic rings. The fraction of sp³-hybridized carbons (Fsp3) is 0.391. The van der Waals surface area contributed by atoms with Gasteiger partial charge in [0.1, 0.15) is 6.04 Å². The van der Waals surface area contributed by atoms with Crippen molar-refractivity contribution < 1.29 is 9.59 Å². The summed E-state index contributed by atoms with van der Waals surface area (Å²) in [4.78, 5) is 27.4. The standard InChI is InChI=1S/C23H28BrClN2O2S/c1-4-16(2)26-23(29)17(3)27(13-18-7-11-21(25)12-8-18)22(28)15-30-14-19-5-9-20(24)10-6-19/h5-12,16-17H,4,13-15H2,1-3H3,(H,26,29)/t16-,17+/m1/s1. The minimum atomic E-state index is -0.560. The van der Waals surface area contributed by atoms with Gasteiger partial charge < -0.3 is 10.2 Å². The minimum absolute atomic E-state index is 0.0566. The van der Waals surface area contributed by atoms with Crippen LogP contribution in [0.4, 0.5) is 0 Å². The zero-order chi connectivity index (χ0) is 22.1. The van der Waals surface area contributed by atoms with Gasteiger partial charge in [0.25, 0.3) is 0 Å². The maximum absolute atomic E-state index is 13.1. The quantitative estimate of drug-likeness (QED) is 0.447. The lowest BCUT2D eigenvalue weighted by Gasteiger charge is -2.29. The molecule has 30 heavy (non-hydrogen) atoms. The molecule has 0 bridgehead atoms. The molecule has 0 fully saturated rings. The van der Waals surface area contributed by atoms with E-state index >= 15 is 0 Å². The molecule has 0 unspecified atom stereocenters. The number of hydrogen-bond donors (Lipinski definition) is 1. The van der Waals surface area contributed by atoms with Crippen LogP contribution in [0.25, 0.3) is 0 Å². The monoisotopic (exact) mass is 510 g/mol. The minimum Gasteiger partial charge on any atom is -0.352 e. The van der Waals surface area contributed by atoms with E-state index in [-0.39, 0.29) is 17.9 Å². The normalized spacial score (nSPS) is 12.8. The number of amides is 2. The topological polar surface area (TPSA) is 49.4 Å². The predicted octanol–water partition coefficient (Wildman–Crippen LogP) is 5.67. The fourth-order valence-corrected chi connectivity index (χ4v) is 4.02. The highest BCUT2D eigenvalue weighted by Gasteiger charge is 2.26. The van der Waals surface area contributed by atoms with Crippen molar-refractivity contribution in [1.29, 1.82) is 0 Å². The fourth-order valence-electron chi connectivity index (χ4n) is 2.75. The largest absolute Gasteiger partial charge is 0.352 e. The molecule has 4 nitrogen and oxygen atoms in total. The van der Waals surface area contributed by atoms with Crippen LogP contribution < -0.4 is 5.32 Å². The summed E-state index contributed by atoms with van der Waals surface area (Å²) in [5.41, 5.74) is 2.09. The predicted molar refractivity (Wildman–Crippen MR) is 130 cm³/mol. The first-order valence-electron chi connectivity index (χ1n) is 9.96. The van der Waals surface area contributed by atoms with E-state index in [1.807, 2.05) is 50.2 Å².